The number of esters is 1. The number of carbonyl (C=O) groups excluding carboxylic acids is 2. The number of para-hydroxylation sites is 2. The lowest BCUT2D eigenvalue weighted by molar-refractivity contribution is -0.125. The number of nitrogens with one attached hydrogen (secondary N) is 1. The van der Waals surface area contributed by atoms with E-state index in [0.29, 0.717) is 36.0 Å². The molecule has 0 aliphatic carbocycles. The van der Waals surface area contributed by atoms with Crippen molar-refractivity contribution in [3.63, 3.8) is 0 Å². The van der Waals surface area contributed by atoms with Crippen LogP contribution in [0.2, 0.25) is 0 Å². The lowest BCUT2D eigenvalue weighted by Gasteiger charge is -2.25. The van der Waals surface area contributed by atoms with Crippen molar-refractivity contribution in [3.05, 3.63) is 54.1 Å². The summed E-state index contributed by atoms with van der Waals surface area (Å²) in [5.41, 5.74) is 0.948. The third-order valence-electron chi connectivity index (χ3n) is 3.85. The average molecular weight is 371 g/mol. The van der Waals surface area contributed by atoms with E-state index in [1.54, 1.807) is 36.4 Å². The first-order valence-corrected chi connectivity index (χ1v) is 8.71. The Morgan fingerprint density at radius 2 is 1.81 bits per heavy atom. The van der Waals surface area contributed by atoms with Gasteiger partial charge in [-0.2, -0.15) is 0 Å². The van der Waals surface area contributed by atoms with Crippen LogP contribution in [-0.4, -0.2) is 44.4 Å². The van der Waals surface area contributed by atoms with Gasteiger partial charge in [0.25, 0.3) is 5.91 Å². The third-order valence-corrected chi connectivity index (χ3v) is 3.85. The SMILES string of the molecule is CCOCCOC(=O)c1ccc(NC(=O)[C@@H]2COc3ccccc3O2)cc1. The summed E-state index contributed by atoms with van der Waals surface area (Å²) in [5, 5.41) is 2.75. The van der Waals surface area contributed by atoms with Gasteiger partial charge in [-0.25, -0.2) is 4.79 Å². The number of benzene rings is 2. The zero-order valence-corrected chi connectivity index (χ0v) is 15.0. The normalized spacial score (nSPS) is 15.1. The molecule has 1 heterocycles. The van der Waals surface area contributed by atoms with Crippen LogP contribution >= 0.6 is 0 Å². The van der Waals surface area contributed by atoms with Gasteiger partial charge in [-0.15, -0.1) is 0 Å². The van der Waals surface area contributed by atoms with Crippen molar-refractivity contribution in [3.8, 4) is 11.5 Å². The Bertz CT molecular complexity index is 789. The molecule has 2 aromatic rings. The zero-order chi connectivity index (χ0) is 19.1. The Morgan fingerprint density at radius 1 is 1.07 bits per heavy atom. The van der Waals surface area contributed by atoms with E-state index in [1.807, 2.05) is 19.1 Å². The predicted octanol–water partition coefficient (Wildman–Crippen LogP) is 2.66. The first-order chi connectivity index (χ1) is 13.2. The highest BCUT2D eigenvalue weighted by Crippen LogP contribution is 2.31. The van der Waals surface area contributed by atoms with E-state index in [-0.39, 0.29) is 19.1 Å². The topological polar surface area (TPSA) is 83.1 Å². The second kappa shape index (κ2) is 9.05. The highest BCUT2D eigenvalue weighted by Gasteiger charge is 2.27. The molecule has 0 saturated heterocycles. The van der Waals surface area contributed by atoms with Crippen LogP contribution in [0.4, 0.5) is 5.69 Å². The van der Waals surface area contributed by atoms with E-state index in [1.165, 1.54) is 0 Å². The first-order valence-electron chi connectivity index (χ1n) is 8.71. The molecule has 27 heavy (non-hydrogen) atoms. The van der Waals surface area contributed by atoms with Crippen LogP contribution in [0, 0.1) is 0 Å². The Kier molecular flexibility index (Phi) is 6.27. The minimum absolute atomic E-state index is 0.132. The van der Waals surface area contributed by atoms with Crippen LogP contribution in [0.25, 0.3) is 0 Å². The van der Waals surface area contributed by atoms with Gasteiger partial charge in [0.1, 0.15) is 13.2 Å². The maximum atomic E-state index is 12.4. The summed E-state index contributed by atoms with van der Waals surface area (Å²) in [6.45, 7) is 3.15. The van der Waals surface area contributed by atoms with Crippen molar-refractivity contribution >= 4 is 17.6 Å². The summed E-state index contributed by atoms with van der Waals surface area (Å²) in [6.07, 6.45) is -0.747. The number of amides is 1. The molecule has 1 amide bonds. The van der Waals surface area contributed by atoms with Crippen molar-refractivity contribution < 1.29 is 28.5 Å². The highest BCUT2D eigenvalue weighted by atomic mass is 16.6. The molecular weight excluding hydrogens is 350 g/mol. The Hall–Kier alpha value is -3.06. The van der Waals surface area contributed by atoms with Crippen molar-refractivity contribution in [1.82, 2.24) is 0 Å². The highest BCUT2D eigenvalue weighted by molar-refractivity contribution is 5.95. The molecule has 7 nitrogen and oxygen atoms in total. The van der Waals surface area contributed by atoms with E-state index in [4.69, 9.17) is 18.9 Å². The summed E-state index contributed by atoms with van der Waals surface area (Å²) in [4.78, 5) is 24.3. The van der Waals surface area contributed by atoms with Crippen LogP contribution in [0.3, 0.4) is 0 Å². The van der Waals surface area contributed by atoms with E-state index >= 15 is 0 Å². The summed E-state index contributed by atoms with van der Waals surface area (Å²) < 4.78 is 21.4. The van der Waals surface area contributed by atoms with Crippen LogP contribution in [0.1, 0.15) is 17.3 Å². The molecule has 0 aromatic heterocycles. The number of hydrogen-bond acceptors (Lipinski definition) is 6. The van der Waals surface area contributed by atoms with Crippen molar-refractivity contribution in [1.29, 1.82) is 0 Å². The smallest absolute Gasteiger partial charge is 0.338 e. The van der Waals surface area contributed by atoms with Crippen molar-refractivity contribution in [2.75, 3.05) is 31.7 Å². The number of ether oxygens (including phenoxy) is 4. The van der Waals surface area contributed by atoms with Gasteiger partial charge in [-0.05, 0) is 43.3 Å². The average Bonchev–Trinajstić information content (AvgIpc) is 2.71. The zero-order valence-electron chi connectivity index (χ0n) is 15.0. The molecule has 1 N–H and O–H groups in total. The van der Waals surface area contributed by atoms with Gasteiger partial charge in [0.2, 0.25) is 6.10 Å². The molecule has 0 fully saturated rings. The molecule has 0 saturated carbocycles. The largest absolute Gasteiger partial charge is 0.485 e. The second-order valence-corrected chi connectivity index (χ2v) is 5.76. The fraction of sp³-hybridized carbons (Fsp3) is 0.300. The van der Waals surface area contributed by atoms with Gasteiger partial charge >= 0.3 is 5.97 Å². The minimum atomic E-state index is -0.747. The van der Waals surface area contributed by atoms with Crippen molar-refractivity contribution in [2.45, 2.75) is 13.0 Å². The maximum Gasteiger partial charge on any atom is 0.338 e. The van der Waals surface area contributed by atoms with E-state index < -0.39 is 12.1 Å². The van der Waals surface area contributed by atoms with Crippen LogP contribution in [-0.2, 0) is 14.3 Å². The molecule has 1 aliphatic rings. The number of carbonyl (C=O) groups is 2. The lowest BCUT2D eigenvalue weighted by atomic mass is 10.2. The molecule has 1 atom stereocenters. The van der Waals surface area contributed by atoms with Gasteiger partial charge in [0.05, 0.1) is 12.2 Å². The Labute approximate surface area is 157 Å². The van der Waals surface area contributed by atoms with Gasteiger partial charge in [-0.1, -0.05) is 12.1 Å². The summed E-state index contributed by atoms with van der Waals surface area (Å²) in [5.74, 6) is 0.396. The van der Waals surface area contributed by atoms with E-state index in [0.717, 1.165) is 0 Å². The summed E-state index contributed by atoms with van der Waals surface area (Å²) >= 11 is 0. The molecule has 2 aromatic carbocycles. The molecule has 0 bridgehead atoms. The molecule has 3 rings (SSSR count). The molecule has 0 radical (unpaired) electrons. The summed E-state index contributed by atoms with van der Waals surface area (Å²) in [6, 6.07) is 13.6. The number of hydrogen-bond donors (Lipinski definition) is 1. The van der Waals surface area contributed by atoms with Gasteiger partial charge < -0.3 is 24.3 Å². The fourth-order valence-electron chi connectivity index (χ4n) is 2.48. The second-order valence-electron chi connectivity index (χ2n) is 5.76. The van der Waals surface area contributed by atoms with E-state index in [9.17, 15) is 9.59 Å². The standard InChI is InChI=1S/C20H21NO6/c1-2-24-11-12-25-20(23)14-7-9-15(10-8-14)21-19(22)18-13-26-16-5-3-4-6-17(16)27-18/h3-10,18H,2,11-13H2,1H3,(H,21,22)/t18-/m0/s1. The van der Waals surface area contributed by atoms with E-state index in [2.05, 4.69) is 5.32 Å². The van der Waals surface area contributed by atoms with Crippen LogP contribution < -0.4 is 14.8 Å². The minimum Gasteiger partial charge on any atom is -0.485 e. The predicted molar refractivity (Wildman–Crippen MR) is 98.2 cm³/mol. The molecule has 142 valence electrons. The summed E-state index contributed by atoms with van der Waals surface area (Å²) in [7, 11) is 0. The van der Waals surface area contributed by atoms with Gasteiger partial charge in [0.15, 0.2) is 11.5 Å². The Morgan fingerprint density at radius 3 is 2.56 bits per heavy atom. The van der Waals surface area contributed by atoms with Gasteiger partial charge in [0, 0.05) is 12.3 Å². The number of rotatable bonds is 7. The third kappa shape index (κ3) is 4.98. The van der Waals surface area contributed by atoms with Crippen LogP contribution in [0.15, 0.2) is 48.5 Å². The quantitative estimate of drug-likeness (QED) is 0.595. The van der Waals surface area contributed by atoms with Crippen molar-refractivity contribution in [2.24, 2.45) is 0 Å². The first kappa shape index (κ1) is 18.7. The maximum absolute atomic E-state index is 12.4. The Balaban J connectivity index is 1.52. The molecule has 7 heteroatoms. The monoisotopic (exact) mass is 371 g/mol. The number of fused-ring (bicyclic) bond motifs is 1. The molecular formula is C20H21NO6. The lowest BCUT2D eigenvalue weighted by Crippen LogP contribution is -2.40. The van der Waals surface area contributed by atoms with Gasteiger partial charge in [-0.3, -0.25) is 4.79 Å². The van der Waals surface area contributed by atoms with Crippen LogP contribution in [0.5, 0.6) is 11.5 Å². The fourth-order valence-corrected chi connectivity index (χ4v) is 2.48. The molecule has 0 unspecified atom stereocenters. The molecule has 1 aliphatic heterocycles. The molecule has 0 spiro atoms. The number of anilines is 1.